The summed E-state index contributed by atoms with van der Waals surface area (Å²) in [5, 5.41) is 0. The fraction of sp³-hybridized carbons (Fsp3) is 0.176. The molecule has 1 aromatic heterocycles. The van der Waals surface area contributed by atoms with E-state index in [1.165, 1.54) is 5.56 Å². The molecule has 3 heteroatoms. The highest BCUT2D eigenvalue weighted by atomic mass is 16.1. The molecule has 20 heavy (non-hydrogen) atoms. The van der Waals surface area contributed by atoms with E-state index < -0.39 is 0 Å². The molecule has 0 unspecified atom stereocenters. The van der Waals surface area contributed by atoms with E-state index in [2.05, 4.69) is 17.1 Å². The minimum absolute atomic E-state index is 0.000342. The molecule has 0 bridgehead atoms. The Hall–Kier alpha value is -2.42. The normalized spacial score (nSPS) is 10.8. The highest BCUT2D eigenvalue weighted by Crippen LogP contribution is 2.11. The maximum atomic E-state index is 12.3. The van der Waals surface area contributed by atoms with Gasteiger partial charge < -0.3 is 4.57 Å². The molecular formula is C17H16N2O. The van der Waals surface area contributed by atoms with Gasteiger partial charge in [0.25, 0.3) is 5.56 Å². The largest absolute Gasteiger partial charge is 0.305 e. The van der Waals surface area contributed by atoms with Gasteiger partial charge in [0.05, 0.1) is 11.0 Å². The van der Waals surface area contributed by atoms with E-state index in [0.717, 1.165) is 17.5 Å². The SMILES string of the molecule is Cc1nc2ccccc2n(CCc2ccccc2)c1=O. The molecule has 2 aromatic carbocycles. The van der Waals surface area contributed by atoms with Crippen molar-refractivity contribution in [1.82, 2.24) is 9.55 Å². The Morgan fingerprint density at radius 1 is 1.00 bits per heavy atom. The van der Waals surface area contributed by atoms with Gasteiger partial charge in [0.1, 0.15) is 5.69 Å². The van der Waals surface area contributed by atoms with Crippen molar-refractivity contribution in [2.24, 2.45) is 0 Å². The van der Waals surface area contributed by atoms with Crippen LogP contribution in [0, 0.1) is 6.92 Å². The summed E-state index contributed by atoms with van der Waals surface area (Å²) in [7, 11) is 0. The van der Waals surface area contributed by atoms with Crippen molar-refractivity contribution in [3.63, 3.8) is 0 Å². The number of aromatic nitrogens is 2. The van der Waals surface area contributed by atoms with E-state index >= 15 is 0 Å². The van der Waals surface area contributed by atoms with Crippen molar-refractivity contribution in [1.29, 1.82) is 0 Å². The number of aryl methyl sites for hydroxylation is 3. The van der Waals surface area contributed by atoms with Crippen LogP contribution in [0.3, 0.4) is 0 Å². The van der Waals surface area contributed by atoms with Gasteiger partial charge in [-0.3, -0.25) is 4.79 Å². The number of hydrogen-bond donors (Lipinski definition) is 0. The zero-order valence-corrected chi connectivity index (χ0v) is 11.4. The number of rotatable bonds is 3. The molecule has 3 aromatic rings. The zero-order chi connectivity index (χ0) is 13.9. The van der Waals surface area contributed by atoms with E-state index in [9.17, 15) is 4.79 Å². The highest BCUT2D eigenvalue weighted by molar-refractivity contribution is 5.74. The first-order chi connectivity index (χ1) is 9.75. The molecule has 0 spiro atoms. The minimum Gasteiger partial charge on any atom is -0.305 e. The fourth-order valence-corrected chi connectivity index (χ4v) is 2.43. The Bertz CT molecular complexity index is 791. The van der Waals surface area contributed by atoms with Gasteiger partial charge >= 0.3 is 0 Å². The third kappa shape index (κ3) is 2.35. The van der Waals surface area contributed by atoms with Gasteiger partial charge in [0, 0.05) is 6.54 Å². The molecular weight excluding hydrogens is 248 g/mol. The number of hydrogen-bond acceptors (Lipinski definition) is 2. The van der Waals surface area contributed by atoms with Crippen molar-refractivity contribution in [3.8, 4) is 0 Å². The van der Waals surface area contributed by atoms with Crippen LogP contribution in [-0.2, 0) is 13.0 Å². The molecule has 100 valence electrons. The van der Waals surface area contributed by atoms with Crippen LogP contribution in [0.4, 0.5) is 0 Å². The maximum Gasteiger partial charge on any atom is 0.272 e. The lowest BCUT2D eigenvalue weighted by Crippen LogP contribution is -2.25. The van der Waals surface area contributed by atoms with Gasteiger partial charge in [-0.15, -0.1) is 0 Å². The quantitative estimate of drug-likeness (QED) is 0.729. The van der Waals surface area contributed by atoms with E-state index in [-0.39, 0.29) is 5.56 Å². The summed E-state index contributed by atoms with van der Waals surface area (Å²) < 4.78 is 1.82. The summed E-state index contributed by atoms with van der Waals surface area (Å²) >= 11 is 0. The van der Waals surface area contributed by atoms with Crippen LogP contribution >= 0.6 is 0 Å². The fourth-order valence-electron chi connectivity index (χ4n) is 2.43. The number of para-hydroxylation sites is 2. The van der Waals surface area contributed by atoms with E-state index in [1.807, 2.05) is 47.0 Å². The second-order valence-electron chi connectivity index (χ2n) is 4.88. The molecule has 0 aliphatic rings. The van der Waals surface area contributed by atoms with Crippen molar-refractivity contribution >= 4 is 11.0 Å². The molecule has 1 heterocycles. The maximum absolute atomic E-state index is 12.3. The van der Waals surface area contributed by atoms with Crippen LogP contribution in [0.15, 0.2) is 59.4 Å². The van der Waals surface area contributed by atoms with Gasteiger partial charge in [-0.2, -0.15) is 0 Å². The van der Waals surface area contributed by atoms with Crippen molar-refractivity contribution in [2.75, 3.05) is 0 Å². The zero-order valence-electron chi connectivity index (χ0n) is 11.4. The van der Waals surface area contributed by atoms with Crippen LogP contribution < -0.4 is 5.56 Å². The third-order valence-electron chi connectivity index (χ3n) is 3.48. The van der Waals surface area contributed by atoms with Crippen LogP contribution in [0.1, 0.15) is 11.3 Å². The molecule has 0 fully saturated rings. The van der Waals surface area contributed by atoms with Crippen molar-refractivity contribution < 1.29 is 0 Å². The number of benzene rings is 2. The van der Waals surface area contributed by atoms with E-state index in [0.29, 0.717) is 12.2 Å². The summed E-state index contributed by atoms with van der Waals surface area (Å²) in [5.41, 5.74) is 3.56. The molecule has 0 saturated heterocycles. The van der Waals surface area contributed by atoms with Gasteiger partial charge in [0.15, 0.2) is 0 Å². The summed E-state index contributed by atoms with van der Waals surface area (Å²) in [6.07, 6.45) is 0.841. The molecule has 3 rings (SSSR count). The summed E-state index contributed by atoms with van der Waals surface area (Å²) in [6.45, 7) is 2.44. The molecule has 0 N–H and O–H groups in total. The lowest BCUT2D eigenvalue weighted by Gasteiger charge is -2.11. The Morgan fingerprint density at radius 3 is 2.50 bits per heavy atom. The second kappa shape index (κ2) is 5.29. The van der Waals surface area contributed by atoms with Crippen LogP contribution in [0.5, 0.6) is 0 Å². The summed E-state index contributed by atoms with van der Waals surface area (Å²) in [6, 6.07) is 18.0. The van der Waals surface area contributed by atoms with Crippen LogP contribution in [0.25, 0.3) is 11.0 Å². The molecule has 0 amide bonds. The Balaban J connectivity index is 2.02. The first-order valence-corrected chi connectivity index (χ1v) is 6.76. The molecule has 0 saturated carbocycles. The second-order valence-corrected chi connectivity index (χ2v) is 4.88. The number of nitrogens with zero attached hydrogens (tertiary/aromatic N) is 2. The first kappa shape index (κ1) is 12.6. The standard InChI is InChI=1S/C17H16N2O/c1-13-17(20)19(12-11-14-7-3-2-4-8-14)16-10-6-5-9-15(16)18-13/h2-10H,11-12H2,1H3. The van der Waals surface area contributed by atoms with Crippen LogP contribution in [0.2, 0.25) is 0 Å². The minimum atomic E-state index is -0.000342. The number of fused-ring (bicyclic) bond motifs is 1. The monoisotopic (exact) mass is 264 g/mol. The molecule has 0 aliphatic carbocycles. The van der Waals surface area contributed by atoms with Gasteiger partial charge in [-0.05, 0) is 31.0 Å². The predicted molar refractivity (Wildman–Crippen MR) is 80.9 cm³/mol. The topological polar surface area (TPSA) is 34.9 Å². The lowest BCUT2D eigenvalue weighted by atomic mass is 10.1. The Kier molecular flexibility index (Phi) is 3.33. The van der Waals surface area contributed by atoms with Gasteiger partial charge in [0.2, 0.25) is 0 Å². The van der Waals surface area contributed by atoms with Gasteiger partial charge in [-0.1, -0.05) is 42.5 Å². The molecule has 0 atom stereocenters. The first-order valence-electron chi connectivity index (χ1n) is 6.76. The molecule has 0 aliphatic heterocycles. The predicted octanol–water partition coefficient (Wildman–Crippen LogP) is 2.95. The van der Waals surface area contributed by atoms with E-state index in [1.54, 1.807) is 6.92 Å². The van der Waals surface area contributed by atoms with Gasteiger partial charge in [-0.25, -0.2) is 4.98 Å². The Morgan fingerprint density at radius 2 is 1.70 bits per heavy atom. The van der Waals surface area contributed by atoms with E-state index in [4.69, 9.17) is 0 Å². The third-order valence-corrected chi connectivity index (χ3v) is 3.48. The lowest BCUT2D eigenvalue weighted by molar-refractivity contribution is 0.685. The Labute approximate surface area is 117 Å². The van der Waals surface area contributed by atoms with Crippen LogP contribution in [-0.4, -0.2) is 9.55 Å². The smallest absolute Gasteiger partial charge is 0.272 e. The average Bonchev–Trinajstić information content (AvgIpc) is 2.49. The highest BCUT2D eigenvalue weighted by Gasteiger charge is 2.07. The average molecular weight is 264 g/mol. The summed E-state index contributed by atoms with van der Waals surface area (Å²) in [5.74, 6) is 0. The molecule has 0 radical (unpaired) electrons. The molecule has 3 nitrogen and oxygen atoms in total. The summed E-state index contributed by atoms with van der Waals surface area (Å²) in [4.78, 5) is 16.7. The van der Waals surface area contributed by atoms with Crippen molar-refractivity contribution in [2.45, 2.75) is 19.9 Å². The van der Waals surface area contributed by atoms with Crippen molar-refractivity contribution in [3.05, 3.63) is 76.2 Å².